The number of nitrogens with two attached hydrogens (primary N) is 1. The van der Waals surface area contributed by atoms with E-state index in [0.29, 0.717) is 0 Å². The van der Waals surface area contributed by atoms with Gasteiger partial charge in [0.15, 0.2) is 0 Å². The molecule has 4 heteroatoms. The predicted molar refractivity (Wildman–Crippen MR) is 58.1 cm³/mol. The molecule has 2 rings (SSSR count). The molecule has 1 aromatic carbocycles. The van der Waals surface area contributed by atoms with Gasteiger partial charge >= 0.3 is 0 Å². The summed E-state index contributed by atoms with van der Waals surface area (Å²) in [5.41, 5.74) is 8.26. The van der Waals surface area contributed by atoms with Gasteiger partial charge in [-0.25, -0.2) is 0 Å². The molecule has 0 radical (unpaired) electrons. The number of aromatic nitrogens is 3. The summed E-state index contributed by atoms with van der Waals surface area (Å²) in [6, 6.07) is 10.1. The topological polar surface area (TPSA) is 56.7 Å². The van der Waals surface area contributed by atoms with Crippen molar-refractivity contribution in [3.8, 4) is 0 Å². The van der Waals surface area contributed by atoms with Crippen LogP contribution < -0.4 is 5.73 Å². The van der Waals surface area contributed by atoms with Crippen molar-refractivity contribution in [1.82, 2.24) is 15.0 Å². The van der Waals surface area contributed by atoms with Crippen molar-refractivity contribution in [3.05, 3.63) is 47.8 Å². The van der Waals surface area contributed by atoms with Gasteiger partial charge in [-0.15, -0.1) is 5.10 Å². The van der Waals surface area contributed by atoms with Gasteiger partial charge in [0.2, 0.25) is 0 Å². The van der Waals surface area contributed by atoms with Gasteiger partial charge in [0.25, 0.3) is 0 Å². The lowest BCUT2D eigenvalue weighted by molar-refractivity contribution is 0.607. The van der Waals surface area contributed by atoms with Gasteiger partial charge < -0.3 is 5.73 Å². The molecule has 1 heterocycles. The third-order valence-electron chi connectivity index (χ3n) is 2.43. The average Bonchev–Trinajstić information content (AvgIpc) is 2.66. The zero-order valence-corrected chi connectivity index (χ0v) is 8.67. The van der Waals surface area contributed by atoms with Crippen molar-refractivity contribution in [2.75, 3.05) is 0 Å². The number of rotatable bonds is 3. The van der Waals surface area contributed by atoms with E-state index in [4.69, 9.17) is 5.73 Å². The normalized spacial score (nSPS) is 12.7. The van der Waals surface area contributed by atoms with E-state index in [-0.39, 0.29) is 6.04 Å². The van der Waals surface area contributed by atoms with Crippen LogP contribution in [0.4, 0.5) is 0 Å². The molecule has 2 aromatic rings. The molecule has 0 fully saturated rings. The molecule has 0 aliphatic rings. The van der Waals surface area contributed by atoms with E-state index < -0.39 is 0 Å². The van der Waals surface area contributed by atoms with Crippen LogP contribution in [0.2, 0.25) is 0 Å². The molecular weight excluding hydrogens is 188 g/mol. The number of benzene rings is 1. The SMILES string of the molecule is Cn1nncc1C(N)Cc1ccccc1. The molecule has 0 bridgehead atoms. The highest BCUT2D eigenvalue weighted by Gasteiger charge is 2.10. The largest absolute Gasteiger partial charge is 0.322 e. The average molecular weight is 202 g/mol. The van der Waals surface area contributed by atoms with Gasteiger partial charge in [-0.05, 0) is 12.0 Å². The Balaban J connectivity index is 2.11. The third kappa shape index (κ3) is 2.22. The summed E-state index contributed by atoms with van der Waals surface area (Å²) >= 11 is 0. The second-order valence-electron chi connectivity index (χ2n) is 3.58. The van der Waals surface area contributed by atoms with Gasteiger partial charge in [-0.2, -0.15) is 0 Å². The van der Waals surface area contributed by atoms with Gasteiger partial charge in [-0.3, -0.25) is 4.68 Å². The Kier molecular flexibility index (Phi) is 2.78. The van der Waals surface area contributed by atoms with E-state index in [1.54, 1.807) is 10.9 Å². The summed E-state index contributed by atoms with van der Waals surface area (Å²) in [6.07, 6.45) is 2.52. The summed E-state index contributed by atoms with van der Waals surface area (Å²) in [5, 5.41) is 7.68. The molecule has 0 saturated heterocycles. The molecular formula is C11H14N4. The van der Waals surface area contributed by atoms with E-state index in [9.17, 15) is 0 Å². The van der Waals surface area contributed by atoms with Crippen molar-refractivity contribution in [1.29, 1.82) is 0 Å². The van der Waals surface area contributed by atoms with Crippen LogP contribution in [0.3, 0.4) is 0 Å². The highest BCUT2D eigenvalue weighted by atomic mass is 15.4. The maximum atomic E-state index is 6.07. The molecule has 0 aliphatic carbocycles. The van der Waals surface area contributed by atoms with Crippen molar-refractivity contribution in [2.45, 2.75) is 12.5 Å². The minimum absolute atomic E-state index is 0.0487. The first-order chi connectivity index (χ1) is 7.27. The van der Waals surface area contributed by atoms with Crippen LogP contribution in [-0.4, -0.2) is 15.0 Å². The van der Waals surface area contributed by atoms with Crippen molar-refractivity contribution < 1.29 is 0 Å². The highest BCUT2D eigenvalue weighted by Crippen LogP contribution is 2.13. The smallest absolute Gasteiger partial charge is 0.0754 e. The second kappa shape index (κ2) is 4.23. The second-order valence-corrected chi connectivity index (χ2v) is 3.58. The lowest BCUT2D eigenvalue weighted by Crippen LogP contribution is -2.17. The summed E-state index contributed by atoms with van der Waals surface area (Å²) in [4.78, 5) is 0. The number of hydrogen-bond acceptors (Lipinski definition) is 3. The van der Waals surface area contributed by atoms with E-state index >= 15 is 0 Å². The molecule has 0 saturated carbocycles. The first-order valence-electron chi connectivity index (χ1n) is 4.91. The van der Waals surface area contributed by atoms with Gasteiger partial charge in [0, 0.05) is 7.05 Å². The van der Waals surface area contributed by atoms with Crippen LogP contribution in [0.15, 0.2) is 36.5 Å². The Morgan fingerprint density at radius 3 is 2.67 bits per heavy atom. The van der Waals surface area contributed by atoms with Crippen molar-refractivity contribution in [2.24, 2.45) is 12.8 Å². The highest BCUT2D eigenvalue weighted by molar-refractivity contribution is 5.18. The maximum absolute atomic E-state index is 6.07. The Morgan fingerprint density at radius 1 is 1.33 bits per heavy atom. The number of hydrogen-bond donors (Lipinski definition) is 1. The minimum Gasteiger partial charge on any atom is -0.322 e. The Morgan fingerprint density at radius 2 is 2.07 bits per heavy atom. The molecule has 0 aliphatic heterocycles. The van der Waals surface area contributed by atoms with Crippen molar-refractivity contribution in [3.63, 3.8) is 0 Å². The summed E-state index contributed by atoms with van der Waals surface area (Å²) in [6.45, 7) is 0. The standard InChI is InChI=1S/C11H14N4/c1-15-11(8-13-14-15)10(12)7-9-5-3-2-4-6-9/h2-6,8,10H,7,12H2,1H3. The lowest BCUT2D eigenvalue weighted by atomic mass is 10.0. The van der Waals surface area contributed by atoms with Crippen molar-refractivity contribution >= 4 is 0 Å². The van der Waals surface area contributed by atoms with Gasteiger partial charge in [0.1, 0.15) is 0 Å². The minimum atomic E-state index is -0.0487. The van der Waals surface area contributed by atoms with E-state index in [1.165, 1.54) is 5.56 Å². The Bertz CT molecular complexity index is 421. The molecule has 1 aromatic heterocycles. The van der Waals surface area contributed by atoms with E-state index in [2.05, 4.69) is 22.4 Å². The predicted octanol–water partition coefficient (Wildman–Crippen LogP) is 1.06. The Hall–Kier alpha value is -1.68. The fraction of sp³-hybridized carbons (Fsp3) is 0.273. The molecule has 15 heavy (non-hydrogen) atoms. The third-order valence-corrected chi connectivity index (χ3v) is 2.43. The molecule has 78 valence electrons. The summed E-state index contributed by atoms with van der Waals surface area (Å²) in [5.74, 6) is 0. The lowest BCUT2D eigenvalue weighted by Gasteiger charge is -2.10. The zero-order chi connectivity index (χ0) is 10.7. The summed E-state index contributed by atoms with van der Waals surface area (Å²) < 4.78 is 1.72. The van der Waals surface area contributed by atoms with Crippen LogP contribution in [0.5, 0.6) is 0 Å². The monoisotopic (exact) mass is 202 g/mol. The quantitative estimate of drug-likeness (QED) is 0.809. The fourth-order valence-electron chi connectivity index (χ4n) is 1.61. The first kappa shape index (κ1) is 9.86. The first-order valence-corrected chi connectivity index (χ1v) is 4.91. The van der Waals surface area contributed by atoms with E-state index in [1.807, 2.05) is 25.2 Å². The number of nitrogens with zero attached hydrogens (tertiary/aromatic N) is 3. The number of aryl methyl sites for hydroxylation is 1. The van der Waals surface area contributed by atoms with Gasteiger partial charge in [-0.1, -0.05) is 35.5 Å². The van der Waals surface area contributed by atoms with E-state index in [0.717, 1.165) is 12.1 Å². The molecule has 4 nitrogen and oxygen atoms in total. The van der Waals surface area contributed by atoms with Gasteiger partial charge in [0.05, 0.1) is 17.9 Å². The molecule has 0 amide bonds. The molecule has 1 unspecified atom stereocenters. The van der Waals surface area contributed by atoms with Crippen LogP contribution in [0, 0.1) is 0 Å². The van der Waals surface area contributed by atoms with Crippen LogP contribution >= 0.6 is 0 Å². The van der Waals surface area contributed by atoms with Crippen LogP contribution in [-0.2, 0) is 13.5 Å². The Labute approximate surface area is 88.7 Å². The molecule has 1 atom stereocenters. The zero-order valence-electron chi connectivity index (χ0n) is 8.67. The van der Waals surface area contributed by atoms with Crippen LogP contribution in [0.25, 0.3) is 0 Å². The summed E-state index contributed by atoms with van der Waals surface area (Å²) in [7, 11) is 1.85. The molecule has 2 N–H and O–H groups in total. The molecule has 0 spiro atoms. The maximum Gasteiger partial charge on any atom is 0.0754 e. The van der Waals surface area contributed by atoms with Crippen LogP contribution in [0.1, 0.15) is 17.3 Å². The fourth-order valence-corrected chi connectivity index (χ4v) is 1.61.